The highest BCUT2D eigenvalue weighted by Crippen LogP contribution is 2.39. The van der Waals surface area contributed by atoms with Crippen LogP contribution < -0.4 is 9.47 Å². The molecule has 1 aromatic carbocycles. The third kappa shape index (κ3) is 6.52. The number of hydrogen-bond donors (Lipinski definition) is 0. The maximum atomic E-state index is 13.7. The fourth-order valence-electron chi connectivity index (χ4n) is 5.46. The molecule has 2 heterocycles. The molecule has 5 rings (SSSR count). The molecular formula is C30H36N2O6S. The van der Waals surface area contributed by atoms with Crippen LogP contribution >= 0.6 is 11.8 Å². The lowest BCUT2D eigenvalue weighted by molar-refractivity contribution is -0.124. The van der Waals surface area contributed by atoms with Crippen molar-refractivity contribution in [2.45, 2.75) is 82.9 Å². The number of carbonyl (C=O) groups is 2. The lowest BCUT2D eigenvalue weighted by atomic mass is 9.94. The SMILES string of the molecule is COC(=O)c1ccc(COc2ccc(C=C3SC(=NC4CCCCC4)N(C4CCCCC4)C3=O)cc2OC)o1. The molecule has 9 heteroatoms. The molecule has 2 aromatic rings. The summed E-state index contributed by atoms with van der Waals surface area (Å²) in [6.45, 7) is 0.124. The van der Waals surface area contributed by atoms with Crippen molar-refractivity contribution in [2.75, 3.05) is 14.2 Å². The maximum absolute atomic E-state index is 13.7. The van der Waals surface area contributed by atoms with Gasteiger partial charge >= 0.3 is 5.97 Å². The van der Waals surface area contributed by atoms with Crippen LogP contribution in [0.15, 0.2) is 44.6 Å². The van der Waals surface area contributed by atoms with E-state index in [9.17, 15) is 9.59 Å². The molecule has 0 spiro atoms. The fraction of sp³-hybridized carbons (Fsp3) is 0.500. The van der Waals surface area contributed by atoms with Crippen LogP contribution in [0.4, 0.5) is 0 Å². The summed E-state index contributed by atoms with van der Waals surface area (Å²) in [6.07, 6.45) is 13.5. The van der Waals surface area contributed by atoms with Gasteiger partial charge in [0.15, 0.2) is 16.7 Å². The van der Waals surface area contributed by atoms with Gasteiger partial charge in [0.25, 0.3) is 5.91 Å². The lowest BCUT2D eigenvalue weighted by Gasteiger charge is -2.31. The number of ether oxygens (including phenoxy) is 3. The fourth-order valence-corrected chi connectivity index (χ4v) is 6.57. The van der Waals surface area contributed by atoms with Gasteiger partial charge in [0.05, 0.1) is 25.2 Å². The van der Waals surface area contributed by atoms with Gasteiger partial charge in [-0.1, -0.05) is 44.6 Å². The minimum Gasteiger partial charge on any atom is -0.493 e. The first-order valence-electron chi connectivity index (χ1n) is 13.8. The first kappa shape index (κ1) is 27.4. The molecule has 1 saturated heterocycles. The summed E-state index contributed by atoms with van der Waals surface area (Å²) in [7, 11) is 2.88. The van der Waals surface area contributed by atoms with E-state index in [1.165, 1.54) is 44.6 Å². The van der Waals surface area contributed by atoms with Gasteiger partial charge in [-0.05, 0) is 73.4 Å². The third-order valence-corrected chi connectivity index (χ3v) is 8.55. The molecule has 0 N–H and O–H groups in total. The monoisotopic (exact) mass is 552 g/mol. The number of amides is 1. The molecule has 3 fully saturated rings. The quantitative estimate of drug-likeness (QED) is 0.269. The number of rotatable bonds is 8. The molecule has 8 nitrogen and oxygen atoms in total. The molecule has 2 saturated carbocycles. The van der Waals surface area contributed by atoms with Crippen LogP contribution in [-0.2, 0) is 16.1 Å². The maximum Gasteiger partial charge on any atom is 0.373 e. The second kappa shape index (κ2) is 12.8. The number of furan rings is 1. The van der Waals surface area contributed by atoms with E-state index in [1.807, 2.05) is 29.2 Å². The second-order valence-corrected chi connectivity index (χ2v) is 11.2. The van der Waals surface area contributed by atoms with Crippen molar-refractivity contribution in [3.05, 3.63) is 52.3 Å². The Labute approximate surface area is 233 Å². The zero-order chi connectivity index (χ0) is 27.2. The van der Waals surface area contributed by atoms with Gasteiger partial charge in [-0.2, -0.15) is 0 Å². The lowest BCUT2D eigenvalue weighted by Crippen LogP contribution is -2.41. The van der Waals surface area contributed by atoms with Crippen molar-refractivity contribution in [1.29, 1.82) is 0 Å². The van der Waals surface area contributed by atoms with E-state index in [1.54, 1.807) is 19.2 Å². The van der Waals surface area contributed by atoms with E-state index in [2.05, 4.69) is 4.74 Å². The average molecular weight is 553 g/mol. The highest BCUT2D eigenvalue weighted by molar-refractivity contribution is 8.18. The van der Waals surface area contributed by atoms with Crippen LogP contribution in [0.5, 0.6) is 11.5 Å². The number of carbonyl (C=O) groups excluding carboxylic acids is 2. The number of nitrogens with zero attached hydrogens (tertiary/aromatic N) is 2. The van der Waals surface area contributed by atoms with E-state index in [-0.39, 0.29) is 24.3 Å². The van der Waals surface area contributed by atoms with Crippen molar-refractivity contribution in [2.24, 2.45) is 4.99 Å². The molecule has 0 unspecified atom stereocenters. The predicted octanol–water partition coefficient (Wildman–Crippen LogP) is 6.59. The van der Waals surface area contributed by atoms with E-state index in [0.29, 0.717) is 28.2 Å². The number of hydrogen-bond acceptors (Lipinski definition) is 8. The topological polar surface area (TPSA) is 90.6 Å². The van der Waals surface area contributed by atoms with Gasteiger partial charge in [-0.3, -0.25) is 14.7 Å². The zero-order valence-corrected chi connectivity index (χ0v) is 23.5. The van der Waals surface area contributed by atoms with Crippen molar-refractivity contribution in [1.82, 2.24) is 4.90 Å². The molecule has 0 bridgehead atoms. The van der Waals surface area contributed by atoms with Crippen LogP contribution in [0.3, 0.4) is 0 Å². The Bertz CT molecular complexity index is 1240. The van der Waals surface area contributed by atoms with Crippen molar-refractivity contribution in [3.63, 3.8) is 0 Å². The van der Waals surface area contributed by atoms with E-state index in [0.717, 1.165) is 49.3 Å². The molecule has 0 radical (unpaired) electrons. The first-order valence-corrected chi connectivity index (χ1v) is 14.7. The summed E-state index contributed by atoms with van der Waals surface area (Å²) in [5.74, 6) is 1.20. The molecule has 3 aliphatic rings. The molecule has 1 amide bonds. The summed E-state index contributed by atoms with van der Waals surface area (Å²) in [5.41, 5.74) is 0.850. The minimum absolute atomic E-state index is 0.0555. The number of benzene rings is 1. The molecule has 2 aliphatic carbocycles. The van der Waals surface area contributed by atoms with E-state index in [4.69, 9.17) is 18.9 Å². The van der Waals surface area contributed by atoms with Gasteiger partial charge in [0.1, 0.15) is 12.4 Å². The molecular weight excluding hydrogens is 516 g/mol. The predicted molar refractivity (Wildman–Crippen MR) is 151 cm³/mol. The number of aliphatic imine (C=N–C) groups is 1. The summed E-state index contributed by atoms with van der Waals surface area (Å²) >= 11 is 1.51. The summed E-state index contributed by atoms with van der Waals surface area (Å²) in [6, 6.07) is 9.35. The van der Waals surface area contributed by atoms with Crippen LogP contribution in [0, 0.1) is 0 Å². The highest BCUT2D eigenvalue weighted by Gasteiger charge is 2.39. The van der Waals surface area contributed by atoms with Crippen molar-refractivity contribution >= 4 is 34.9 Å². The number of methoxy groups -OCH3 is 2. The Kier molecular flexibility index (Phi) is 8.96. The molecule has 0 atom stereocenters. The zero-order valence-electron chi connectivity index (χ0n) is 22.6. The highest BCUT2D eigenvalue weighted by atomic mass is 32.2. The average Bonchev–Trinajstić information content (AvgIpc) is 3.57. The molecule has 1 aromatic heterocycles. The Morgan fingerprint density at radius 2 is 1.77 bits per heavy atom. The molecule has 39 heavy (non-hydrogen) atoms. The van der Waals surface area contributed by atoms with Gasteiger partial charge in [-0.25, -0.2) is 4.79 Å². The van der Waals surface area contributed by atoms with Gasteiger partial charge < -0.3 is 18.6 Å². The number of thioether (sulfide) groups is 1. The standard InChI is InChI=1S/C30H36N2O6S/c1-35-26-17-20(13-15-24(26)37-19-23-14-16-25(38-23)29(34)36-2)18-27-28(33)32(22-11-7-4-8-12-22)30(39-27)31-21-9-5-3-6-10-21/h13-18,21-22H,3-12,19H2,1-2H3. The number of esters is 1. The van der Waals surface area contributed by atoms with Crippen LogP contribution in [0.2, 0.25) is 0 Å². The Morgan fingerprint density at radius 1 is 1.03 bits per heavy atom. The largest absolute Gasteiger partial charge is 0.493 e. The Balaban J connectivity index is 1.33. The first-order chi connectivity index (χ1) is 19.1. The van der Waals surface area contributed by atoms with E-state index >= 15 is 0 Å². The van der Waals surface area contributed by atoms with Gasteiger partial charge in [0, 0.05) is 6.04 Å². The molecule has 208 valence electrons. The third-order valence-electron chi connectivity index (χ3n) is 7.55. The van der Waals surface area contributed by atoms with Crippen LogP contribution in [-0.4, -0.2) is 48.2 Å². The smallest absolute Gasteiger partial charge is 0.373 e. The van der Waals surface area contributed by atoms with Crippen LogP contribution in [0.1, 0.15) is 86.1 Å². The number of amidine groups is 1. The Morgan fingerprint density at radius 3 is 2.49 bits per heavy atom. The van der Waals surface area contributed by atoms with Crippen molar-refractivity contribution < 1.29 is 28.2 Å². The van der Waals surface area contributed by atoms with Gasteiger partial charge in [0.2, 0.25) is 5.76 Å². The summed E-state index contributed by atoms with van der Waals surface area (Å²) < 4.78 is 21.6. The minimum atomic E-state index is -0.537. The van der Waals surface area contributed by atoms with E-state index < -0.39 is 5.97 Å². The van der Waals surface area contributed by atoms with Crippen molar-refractivity contribution in [3.8, 4) is 11.5 Å². The van der Waals surface area contributed by atoms with Crippen LogP contribution in [0.25, 0.3) is 6.08 Å². The van der Waals surface area contributed by atoms with Gasteiger partial charge in [-0.15, -0.1) is 0 Å². The summed E-state index contributed by atoms with van der Waals surface area (Å²) in [5, 5.41) is 0.877. The second-order valence-electron chi connectivity index (χ2n) is 10.2. The summed E-state index contributed by atoms with van der Waals surface area (Å²) in [4.78, 5) is 33.1. The molecule has 1 aliphatic heterocycles. The Hall–Kier alpha value is -3.20. The normalized spacial score (nSPS) is 21.1.